The second-order valence-electron chi connectivity index (χ2n) is 7.02. The zero-order chi connectivity index (χ0) is 18.3. The summed E-state index contributed by atoms with van der Waals surface area (Å²) < 4.78 is 0. The molecule has 0 aromatic heterocycles. The van der Waals surface area contributed by atoms with Gasteiger partial charge in [0.2, 0.25) is 0 Å². The molecule has 0 bridgehead atoms. The van der Waals surface area contributed by atoms with Gasteiger partial charge in [0, 0.05) is 6.54 Å². The number of hydrogen-bond donors (Lipinski definition) is 3. The first-order valence-corrected chi connectivity index (χ1v) is 10.7. The molecule has 0 spiro atoms. The van der Waals surface area contributed by atoms with Crippen molar-refractivity contribution >= 4 is 17.0 Å². The third kappa shape index (κ3) is 36.1. The molecule has 0 aliphatic rings. The summed E-state index contributed by atoms with van der Waals surface area (Å²) >= 11 is 0. The second kappa shape index (κ2) is 29.1. The molecule has 0 saturated carbocycles. The van der Waals surface area contributed by atoms with Gasteiger partial charge in [-0.2, -0.15) is 0 Å². The van der Waals surface area contributed by atoms with E-state index >= 15 is 0 Å². The Kier molecular flexibility index (Phi) is 35.1. The molecule has 156 valence electrons. The predicted molar refractivity (Wildman–Crippen MR) is 117 cm³/mol. The quantitative estimate of drug-likeness (QED) is 0.184. The van der Waals surface area contributed by atoms with Crippen LogP contribution in [0.15, 0.2) is 0 Å². The van der Waals surface area contributed by atoms with Crippen molar-refractivity contribution in [1.82, 2.24) is 0 Å². The smallest absolute Gasteiger partial charge is 0.163 e. The molecule has 4 heteroatoms. The van der Waals surface area contributed by atoms with Crippen LogP contribution in [0.4, 0.5) is 0 Å². The highest BCUT2D eigenvalue weighted by Crippen LogP contribution is 2.13. The molecule has 0 fully saturated rings. The van der Waals surface area contributed by atoms with Gasteiger partial charge in [0.15, 0.2) is 6.29 Å². The van der Waals surface area contributed by atoms with E-state index in [2.05, 4.69) is 19.6 Å². The van der Waals surface area contributed by atoms with E-state index in [1.54, 1.807) is 0 Å². The third-order valence-corrected chi connectivity index (χ3v) is 4.42. The molecule has 25 heavy (non-hydrogen) atoms. The molecule has 0 atom stereocenters. The number of aliphatic hydroxyl groups excluding tert-OH is 1. The lowest BCUT2D eigenvalue weighted by Gasteiger charge is -2.03. The van der Waals surface area contributed by atoms with Gasteiger partial charge in [-0.15, -0.1) is 17.0 Å². The minimum atomic E-state index is -1.34. The molecule has 0 aromatic rings. The van der Waals surface area contributed by atoms with Gasteiger partial charge in [-0.3, -0.25) is 0 Å². The molecule has 3 nitrogen and oxygen atoms in total. The zero-order valence-corrected chi connectivity index (χ0v) is 18.9. The van der Waals surface area contributed by atoms with E-state index in [1.807, 2.05) is 0 Å². The van der Waals surface area contributed by atoms with Crippen molar-refractivity contribution in [2.24, 2.45) is 5.73 Å². The van der Waals surface area contributed by atoms with Crippen molar-refractivity contribution in [2.75, 3.05) is 6.54 Å². The Balaban J connectivity index is -0.000000704. The lowest BCUT2D eigenvalue weighted by atomic mass is 10.0. The van der Waals surface area contributed by atoms with Crippen molar-refractivity contribution < 1.29 is 10.2 Å². The van der Waals surface area contributed by atoms with Crippen LogP contribution in [0.5, 0.6) is 0 Å². The first-order valence-electron chi connectivity index (χ1n) is 10.7. The lowest BCUT2D eigenvalue weighted by Crippen LogP contribution is -2.17. The molecular formula is C21H48BrNO2. The predicted octanol–water partition coefficient (Wildman–Crippen LogP) is 6.49. The molecule has 0 saturated heterocycles. The lowest BCUT2D eigenvalue weighted by molar-refractivity contribution is -0.0309. The Morgan fingerprint density at radius 1 is 0.520 bits per heavy atom. The largest absolute Gasteiger partial charge is 0.367 e. The summed E-state index contributed by atoms with van der Waals surface area (Å²) in [6.07, 6.45) is 23.6. The fourth-order valence-corrected chi connectivity index (χ4v) is 2.80. The van der Waals surface area contributed by atoms with Crippen LogP contribution in [0.1, 0.15) is 123 Å². The summed E-state index contributed by atoms with van der Waals surface area (Å²) in [6, 6.07) is 0. The minimum absolute atomic E-state index is 0. The molecule has 0 aliphatic heterocycles. The van der Waals surface area contributed by atoms with Crippen LogP contribution < -0.4 is 5.73 Å². The maximum Gasteiger partial charge on any atom is 0.163 e. The van der Waals surface area contributed by atoms with Gasteiger partial charge in [-0.25, -0.2) is 0 Å². The molecule has 0 radical (unpaired) electrons. The summed E-state index contributed by atoms with van der Waals surface area (Å²) in [5.41, 5.74) is 4.67. The van der Waals surface area contributed by atoms with Crippen molar-refractivity contribution in [3.05, 3.63) is 0 Å². The number of hydrogen-bond acceptors (Lipinski definition) is 3. The Morgan fingerprint density at radius 2 is 0.680 bits per heavy atom. The molecule has 0 aliphatic carbocycles. The summed E-state index contributed by atoms with van der Waals surface area (Å²) in [5.74, 6) is 0. The molecule has 0 rings (SSSR count). The molecule has 4 N–H and O–H groups in total. The van der Waals surface area contributed by atoms with Gasteiger partial charge in [0.25, 0.3) is 0 Å². The summed E-state index contributed by atoms with van der Waals surface area (Å²) in [5, 5.41) is 15.6. The Labute approximate surface area is 168 Å². The topological polar surface area (TPSA) is 66.5 Å². The van der Waals surface area contributed by atoms with E-state index in [0.29, 0.717) is 0 Å². The highest BCUT2D eigenvalue weighted by molar-refractivity contribution is 8.93. The van der Waals surface area contributed by atoms with E-state index in [1.165, 1.54) is 109 Å². The molecule has 0 amide bonds. The van der Waals surface area contributed by atoms with Crippen LogP contribution in [-0.2, 0) is 0 Å². The van der Waals surface area contributed by atoms with Crippen molar-refractivity contribution in [3.63, 3.8) is 0 Å². The number of rotatable bonds is 17. The van der Waals surface area contributed by atoms with Crippen LogP contribution in [0, 0.1) is 0 Å². The molecule has 0 unspecified atom stereocenters. The Bertz CT molecular complexity index is 188. The summed E-state index contributed by atoms with van der Waals surface area (Å²) in [7, 11) is 0. The number of aliphatic hydroxyl groups is 2. The summed E-state index contributed by atoms with van der Waals surface area (Å²) in [6.45, 7) is 4.51. The van der Waals surface area contributed by atoms with Crippen LogP contribution in [-0.4, -0.2) is 23.0 Å². The average molecular weight is 427 g/mol. The first-order chi connectivity index (χ1) is 11.7. The van der Waals surface area contributed by atoms with E-state index in [4.69, 9.17) is 10.2 Å². The SMILES string of the molecule is Br.CCCCCCCCCCCCCCCCCCC.NCC(O)O. The van der Waals surface area contributed by atoms with Crippen molar-refractivity contribution in [3.8, 4) is 0 Å². The monoisotopic (exact) mass is 425 g/mol. The fraction of sp³-hybridized carbons (Fsp3) is 1.00. The zero-order valence-electron chi connectivity index (χ0n) is 17.2. The molecule has 0 heterocycles. The third-order valence-electron chi connectivity index (χ3n) is 4.42. The summed E-state index contributed by atoms with van der Waals surface area (Å²) in [4.78, 5) is 0. The van der Waals surface area contributed by atoms with Crippen molar-refractivity contribution in [1.29, 1.82) is 0 Å². The van der Waals surface area contributed by atoms with Crippen LogP contribution in [0.3, 0.4) is 0 Å². The number of halogens is 1. The van der Waals surface area contributed by atoms with Gasteiger partial charge in [-0.1, -0.05) is 123 Å². The molecular weight excluding hydrogens is 378 g/mol. The Hall–Kier alpha value is 0.360. The van der Waals surface area contributed by atoms with E-state index < -0.39 is 6.29 Å². The van der Waals surface area contributed by atoms with Crippen LogP contribution in [0.25, 0.3) is 0 Å². The first kappa shape index (κ1) is 30.1. The van der Waals surface area contributed by atoms with Crippen LogP contribution >= 0.6 is 17.0 Å². The van der Waals surface area contributed by atoms with Crippen molar-refractivity contribution in [2.45, 2.75) is 129 Å². The van der Waals surface area contributed by atoms with E-state index in [0.717, 1.165) is 0 Å². The van der Waals surface area contributed by atoms with Gasteiger partial charge in [-0.05, 0) is 0 Å². The van der Waals surface area contributed by atoms with Crippen LogP contribution in [0.2, 0.25) is 0 Å². The molecule has 0 aromatic carbocycles. The Morgan fingerprint density at radius 3 is 0.800 bits per heavy atom. The second-order valence-corrected chi connectivity index (χ2v) is 7.02. The van der Waals surface area contributed by atoms with Gasteiger partial charge < -0.3 is 15.9 Å². The van der Waals surface area contributed by atoms with Gasteiger partial charge in [0.05, 0.1) is 0 Å². The van der Waals surface area contributed by atoms with Gasteiger partial charge >= 0.3 is 0 Å². The number of unbranched alkanes of at least 4 members (excludes halogenated alkanes) is 16. The van der Waals surface area contributed by atoms with E-state index in [-0.39, 0.29) is 23.5 Å². The fourth-order valence-electron chi connectivity index (χ4n) is 2.80. The maximum atomic E-state index is 7.79. The minimum Gasteiger partial charge on any atom is -0.367 e. The standard InChI is InChI=1S/C19H40.C2H7NO2.BrH/c1-3-5-7-9-11-13-15-17-19-18-16-14-12-10-8-6-4-2;3-1-2(4)5;/h3-19H2,1-2H3;2,4-5H,1,3H2;1H. The van der Waals surface area contributed by atoms with Gasteiger partial charge in [0.1, 0.15) is 0 Å². The highest BCUT2D eigenvalue weighted by atomic mass is 79.9. The number of nitrogens with two attached hydrogens (primary N) is 1. The normalized spacial score (nSPS) is 10.3. The highest BCUT2D eigenvalue weighted by Gasteiger charge is 1.94. The average Bonchev–Trinajstić information content (AvgIpc) is 2.59. The maximum absolute atomic E-state index is 7.79. The van der Waals surface area contributed by atoms with E-state index in [9.17, 15) is 0 Å².